The summed E-state index contributed by atoms with van der Waals surface area (Å²) in [5, 5.41) is 17.5. The number of hydrogen-bond acceptors (Lipinski definition) is 5. The number of carboxylic acids is 1. The number of aliphatic carboxylic acids is 1. The number of carboxylic acid groups (broad SMARTS) is 1. The summed E-state index contributed by atoms with van der Waals surface area (Å²) in [5.41, 5.74) is 1.83. The summed E-state index contributed by atoms with van der Waals surface area (Å²) in [4.78, 5) is 49.1. The minimum atomic E-state index is -0.972. The SMILES string of the molecule is CCC(Sc1cccc(NC(=O)C2CC=CCC2C(=O)O)c1)C(=O)Nc1ccc(NC(C)=O)cc1. The summed E-state index contributed by atoms with van der Waals surface area (Å²) in [6, 6.07) is 14.1. The van der Waals surface area contributed by atoms with E-state index in [0.717, 1.165) is 4.90 Å². The average molecular weight is 496 g/mol. The summed E-state index contributed by atoms with van der Waals surface area (Å²) < 4.78 is 0. The topological polar surface area (TPSA) is 125 Å². The fourth-order valence-electron chi connectivity index (χ4n) is 3.81. The van der Waals surface area contributed by atoms with Crippen LogP contribution in [0, 0.1) is 11.8 Å². The fraction of sp³-hybridized carbons (Fsp3) is 0.308. The van der Waals surface area contributed by atoms with Gasteiger partial charge in [0.05, 0.1) is 17.1 Å². The molecule has 1 aliphatic carbocycles. The van der Waals surface area contributed by atoms with Crippen LogP contribution in [0.1, 0.15) is 33.1 Å². The molecule has 8 nitrogen and oxygen atoms in total. The predicted molar refractivity (Wildman–Crippen MR) is 137 cm³/mol. The van der Waals surface area contributed by atoms with Crippen molar-refractivity contribution in [1.29, 1.82) is 0 Å². The van der Waals surface area contributed by atoms with Crippen molar-refractivity contribution >= 4 is 52.5 Å². The van der Waals surface area contributed by atoms with Gasteiger partial charge in [-0.1, -0.05) is 25.1 Å². The molecule has 0 aliphatic heterocycles. The van der Waals surface area contributed by atoms with Gasteiger partial charge in [-0.15, -0.1) is 11.8 Å². The highest BCUT2D eigenvalue weighted by Gasteiger charge is 2.34. The summed E-state index contributed by atoms with van der Waals surface area (Å²) in [5.74, 6) is -2.98. The van der Waals surface area contributed by atoms with E-state index < -0.39 is 17.8 Å². The Morgan fingerprint density at radius 3 is 2.14 bits per heavy atom. The number of thioether (sulfide) groups is 1. The van der Waals surface area contributed by atoms with E-state index in [1.807, 2.05) is 19.1 Å². The molecule has 3 amide bonds. The fourth-order valence-corrected chi connectivity index (χ4v) is 4.82. The molecule has 3 unspecified atom stereocenters. The third kappa shape index (κ3) is 7.45. The van der Waals surface area contributed by atoms with Gasteiger partial charge in [0.15, 0.2) is 0 Å². The average Bonchev–Trinajstić information content (AvgIpc) is 2.83. The van der Waals surface area contributed by atoms with Crippen molar-refractivity contribution < 1.29 is 24.3 Å². The minimum Gasteiger partial charge on any atom is -0.481 e. The van der Waals surface area contributed by atoms with Crippen LogP contribution in [-0.2, 0) is 19.2 Å². The number of allylic oxidation sites excluding steroid dienone is 2. The van der Waals surface area contributed by atoms with Gasteiger partial charge in [-0.2, -0.15) is 0 Å². The normalized spacial score (nSPS) is 17.8. The Morgan fingerprint density at radius 1 is 0.914 bits per heavy atom. The minimum absolute atomic E-state index is 0.155. The van der Waals surface area contributed by atoms with Crippen LogP contribution in [-0.4, -0.2) is 34.0 Å². The van der Waals surface area contributed by atoms with E-state index in [0.29, 0.717) is 36.3 Å². The van der Waals surface area contributed by atoms with Crippen molar-refractivity contribution in [2.45, 2.75) is 43.3 Å². The molecule has 4 N–H and O–H groups in total. The second-order valence-electron chi connectivity index (χ2n) is 8.27. The first-order chi connectivity index (χ1) is 16.8. The molecule has 35 heavy (non-hydrogen) atoms. The molecule has 0 bridgehead atoms. The quantitative estimate of drug-likeness (QED) is 0.294. The van der Waals surface area contributed by atoms with Gasteiger partial charge in [0.1, 0.15) is 0 Å². The van der Waals surface area contributed by atoms with Crippen LogP contribution in [0.15, 0.2) is 65.6 Å². The molecule has 3 rings (SSSR count). The second kappa shape index (κ2) is 12.2. The predicted octanol–water partition coefficient (Wildman–Crippen LogP) is 4.76. The van der Waals surface area contributed by atoms with E-state index >= 15 is 0 Å². The smallest absolute Gasteiger partial charge is 0.307 e. The number of carbonyl (C=O) groups is 4. The number of hydrogen-bond donors (Lipinski definition) is 4. The maximum Gasteiger partial charge on any atom is 0.307 e. The first-order valence-corrected chi connectivity index (χ1v) is 12.3. The molecule has 0 aromatic heterocycles. The van der Waals surface area contributed by atoms with Gasteiger partial charge in [-0.05, 0) is 61.7 Å². The van der Waals surface area contributed by atoms with Gasteiger partial charge in [0.2, 0.25) is 17.7 Å². The molecule has 0 radical (unpaired) electrons. The number of nitrogens with one attached hydrogen (secondary N) is 3. The molecule has 0 saturated heterocycles. The van der Waals surface area contributed by atoms with E-state index in [2.05, 4.69) is 16.0 Å². The molecule has 3 atom stereocenters. The van der Waals surface area contributed by atoms with Crippen molar-refractivity contribution in [1.82, 2.24) is 0 Å². The van der Waals surface area contributed by atoms with Crippen molar-refractivity contribution in [3.05, 3.63) is 60.7 Å². The van der Waals surface area contributed by atoms with Gasteiger partial charge in [0, 0.05) is 28.9 Å². The highest BCUT2D eigenvalue weighted by atomic mass is 32.2. The lowest BCUT2D eigenvalue weighted by atomic mass is 9.82. The summed E-state index contributed by atoms with van der Waals surface area (Å²) in [7, 11) is 0. The third-order valence-corrected chi connectivity index (χ3v) is 6.96. The van der Waals surface area contributed by atoms with E-state index in [1.54, 1.807) is 48.5 Å². The van der Waals surface area contributed by atoms with Crippen LogP contribution in [0.5, 0.6) is 0 Å². The molecular weight excluding hydrogens is 466 g/mol. The first-order valence-electron chi connectivity index (χ1n) is 11.4. The van der Waals surface area contributed by atoms with E-state index in [-0.39, 0.29) is 23.0 Å². The molecule has 0 saturated carbocycles. The monoisotopic (exact) mass is 495 g/mol. The number of rotatable bonds is 9. The van der Waals surface area contributed by atoms with Crippen molar-refractivity contribution in [3.63, 3.8) is 0 Å². The summed E-state index contributed by atoms with van der Waals surface area (Å²) in [6.07, 6.45) is 4.96. The summed E-state index contributed by atoms with van der Waals surface area (Å²) >= 11 is 1.38. The maximum atomic E-state index is 12.8. The molecule has 2 aromatic carbocycles. The lowest BCUT2D eigenvalue weighted by Gasteiger charge is -2.24. The standard InChI is InChI=1S/C26H29N3O5S/c1-3-23(25(32)28-18-13-11-17(12-14-18)27-16(2)30)35-20-8-6-7-19(15-20)29-24(31)21-9-4-5-10-22(21)26(33)34/h4-8,11-15,21-23H,3,9-10H2,1-2H3,(H,27,30)(H,28,32)(H,29,31)(H,33,34). The number of amides is 3. The lowest BCUT2D eigenvalue weighted by Crippen LogP contribution is -2.34. The van der Waals surface area contributed by atoms with Crippen molar-refractivity contribution in [3.8, 4) is 0 Å². The molecular formula is C26H29N3O5S. The van der Waals surface area contributed by atoms with E-state index in [9.17, 15) is 24.3 Å². The molecule has 9 heteroatoms. The third-order valence-electron chi connectivity index (χ3n) is 5.60. The number of carbonyl (C=O) groups excluding carboxylic acids is 3. The van der Waals surface area contributed by atoms with Gasteiger partial charge in [-0.25, -0.2) is 0 Å². The Labute approximate surface area is 208 Å². The van der Waals surface area contributed by atoms with E-state index in [1.165, 1.54) is 18.7 Å². The second-order valence-corrected chi connectivity index (χ2v) is 9.55. The maximum absolute atomic E-state index is 12.8. The highest BCUT2D eigenvalue weighted by Crippen LogP contribution is 2.30. The van der Waals surface area contributed by atoms with Crippen LogP contribution in [0.2, 0.25) is 0 Å². The lowest BCUT2D eigenvalue weighted by molar-refractivity contribution is -0.146. The largest absolute Gasteiger partial charge is 0.481 e. The van der Waals surface area contributed by atoms with Crippen molar-refractivity contribution in [2.24, 2.45) is 11.8 Å². The van der Waals surface area contributed by atoms with E-state index in [4.69, 9.17) is 0 Å². The zero-order valence-electron chi connectivity index (χ0n) is 19.6. The van der Waals surface area contributed by atoms with Crippen LogP contribution in [0.4, 0.5) is 17.1 Å². The van der Waals surface area contributed by atoms with Gasteiger partial charge >= 0.3 is 5.97 Å². The molecule has 184 valence electrons. The Bertz CT molecular complexity index is 1120. The molecule has 0 spiro atoms. The number of anilines is 3. The van der Waals surface area contributed by atoms with Gasteiger partial charge < -0.3 is 21.1 Å². The Balaban J connectivity index is 1.62. The molecule has 0 fully saturated rings. The molecule has 0 heterocycles. The van der Waals surface area contributed by atoms with Crippen LogP contribution in [0.25, 0.3) is 0 Å². The van der Waals surface area contributed by atoms with Crippen LogP contribution < -0.4 is 16.0 Å². The Kier molecular flexibility index (Phi) is 9.08. The molecule has 2 aromatic rings. The zero-order chi connectivity index (χ0) is 25.4. The van der Waals surface area contributed by atoms with Gasteiger partial charge in [-0.3, -0.25) is 19.2 Å². The van der Waals surface area contributed by atoms with Crippen molar-refractivity contribution in [2.75, 3.05) is 16.0 Å². The summed E-state index contributed by atoms with van der Waals surface area (Å²) in [6.45, 7) is 3.35. The van der Waals surface area contributed by atoms with Crippen LogP contribution >= 0.6 is 11.8 Å². The Morgan fingerprint density at radius 2 is 1.54 bits per heavy atom. The van der Waals surface area contributed by atoms with Crippen LogP contribution in [0.3, 0.4) is 0 Å². The van der Waals surface area contributed by atoms with Gasteiger partial charge in [0.25, 0.3) is 0 Å². The number of benzene rings is 2. The zero-order valence-corrected chi connectivity index (χ0v) is 20.4. The highest BCUT2D eigenvalue weighted by molar-refractivity contribution is 8.00. The Hall–Kier alpha value is -3.59. The molecule has 1 aliphatic rings. The first kappa shape index (κ1) is 26.0.